The Morgan fingerprint density at radius 1 is 0.886 bits per heavy atom. The zero-order valence-electron chi connectivity index (χ0n) is 18.4. The Morgan fingerprint density at radius 2 is 1.51 bits per heavy atom. The van der Waals surface area contributed by atoms with E-state index in [-0.39, 0.29) is 36.2 Å². The number of hydrogen-bond donors (Lipinski definition) is 0. The minimum Gasteiger partial charge on any atom is -0.483 e. The van der Waals surface area contributed by atoms with Crippen molar-refractivity contribution in [1.82, 2.24) is 10.2 Å². The van der Waals surface area contributed by atoms with Crippen LogP contribution in [0.4, 0.5) is 13.2 Å². The van der Waals surface area contributed by atoms with Crippen LogP contribution < -0.4 is 9.47 Å². The highest BCUT2D eigenvalue weighted by molar-refractivity contribution is 6.30. The molecule has 1 aliphatic rings. The van der Waals surface area contributed by atoms with Crippen LogP contribution in [0, 0.1) is 17.8 Å². The highest BCUT2D eigenvalue weighted by Gasteiger charge is 2.39. The van der Waals surface area contributed by atoms with Crippen LogP contribution in [0.5, 0.6) is 11.6 Å². The Bertz CT molecular complexity index is 1280. The zero-order chi connectivity index (χ0) is 24.7. The predicted molar refractivity (Wildman–Crippen MR) is 127 cm³/mol. The summed E-state index contributed by atoms with van der Waals surface area (Å²) in [4.78, 5) is 0. The van der Waals surface area contributed by atoms with Crippen LogP contribution >= 0.6 is 11.6 Å². The zero-order valence-corrected chi connectivity index (χ0v) is 19.2. The lowest BCUT2D eigenvalue weighted by atomic mass is 9.96. The summed E-state index contributed by atoms with van der Waals surface area (Å²) in [6, 6.07) is 20.8. The Labute approximate surface area is 206 Å². The van der Waals surface area contributed by atoms with Crippen LogP contribution in [0.1, 0.15) is 23.2 Å². The molecule has 35 heavy (non-hydrogen) atoms. The van der Waals surface area contributed by atoms with Gasteiger partial charge in [0, 0.05) is 16.7 Å². The molecule has 8 heteroatoms. The third kappa shape index (κ3) is 6.87. The van der Waals surface area contributed by atoms with Crippen LogP contribution in [0.15, 0.2) is 89.5 Å². The summed E-state index contributed by atoms with van der Waals surface area (Å²) in [5.74, 6) is 4.53. The molecule has 0 saturated heterocycles. The summed E-state index contributed by atoms with van der Waals surface area (Å²) in [5, 5.41) is 8.24. The number of alkyl halides is 3. The van der Waals surface area contributed by atoms with E-state index in [1.54, 1.807) is 6.07 Å². The van der Waals surface area contributed by atoms with Gasteiger partial charge in [-0.05, 0) is 29.5 Å². The number of benzene rings is 2. The lowest BCUT2D eigenvalue weighted by Crippen LogP contribution is -2.22. The van der Waals surface area contributed by atoms with Crippen molar-refractivity contribution in [2.45, 2.75) is 25.8 Å². The third-order valence-corrected chi connectivity index (χ3v) is 5.47. The maximum absolute atomic E-state index is 12.9. The fraction of sp³-hybridized carbons (Fsp3) is 0.185. The number of halogens is 4. The first-order valence-corrected chi connectivity index (χ1v) is 11.1. The van der Waals surface area contributed by atoms with Gasteiger partial charge < -0.3 is 9.47 Å². The summed E-state index contributed by atoms with van der Waals surface area (Å²) >= 11 is 6.07. The molecule has 2 aromatic carbocycles. The van der Waals surface area contributed by atoms with Gasteiger partial charge in [0.25, 0.3) is 5.88 Å². The van der Waals surface area contributed by atoms with Crippen molar-refractivity contribution in [3.63, 3.8) is 0 Å². The van der Waals surface area contributed by atoms with E-state index >= 15 is 0 Å². The van der Waals surface area contributed by atoms with E-state index < -0.39 is 12.1 Å². The molecule has 0 bridgehead atoms. The van der Waals surface area contributed by atoms with E-state index in [1.165, 1.54) is 6.08 Å². The van der Waals surface area contributed by atoms with Gasteiger partial charge in [0.2, 0.25) is 0 Å². The molecule has 0 amide bonds. The van der Waals surface area contributed by atoms with E-state index in [9.17, 15) is 13.2 Å². The minimum atomic E-state index is -4.35. The summed E-state index contributed by atoms with van der Waals surface area (Å²) in [7, 11) is 0. The maximum atomic E-state index is 12.9. The lowest BCUT2D eigenvalue weighted by molar-refractivity contribution is -0.160. The smallest absolute Gasteiger partial charge is 0.395 e. The van der Waals surface area contributed by atoms with Crippen molar-refractivity contribution in [2.75, 3.05) is 0 Å². The summed E-state index contributed by atoms with van der Waals surface area (Å²) in [6.07, 6.45) is -2.33. The monoisotopic (exact) mass is 496 g/mol. The van der Waals surface area contributed by atoms with Crippen molar-refractivity contribution < 1.29 is 22.6 Å². The fourth-order valence-corrected chi connectivity index (χ4v) is 3.51. The highest BCUT2D eigenvalue weighted by atomic mass is 35.5. The first-order chi connectivity index (χ1) is 16.9. The van der Waals surface area contributed by atoms with Gasteiger partial charge in [-0.2, -0.15) is 13.2 Å². The SMILES string of the molecule is FC(F)(F)C1C=CC(C#Cc2cc(OCc3ccccc3)c(OCc3ccccc3)nn2)=C(Cl)C1. The van der Waals surface area contributed by atoms with Gasteiger partial charge in [-0.1, -0.05) is 84.3 Å². The number of aromatic nitrogens is 2. The van der Waals surface area contributed by atoms with Crippen LogP contribution in [0.3, 0.4) is 0 Å². The first kappa shape index (κ1) is 24.4. The number of hydrogen-bond acceptors (Lipinski definition) is 4. The summed E-state index contributed by atoms with van der Waals surface area (Å²) in [6.45, 7) is 0.551. The molecule has 0 spiro atoms. The fourth-order valence-electron chi connectivity index (χ4n) is 3.23. The largest absolute Gasteiger partial charge is 0.483 e. The Kier molecular flexibility index (Phi) is 7.74. The molecule has 1 heterocycles. The number of nitrogens with zero attached hydrogens (tertiary/aromatic N) is 2. The van der Waals surface area contributed by atoms with E-state index in [0.717, 1.165) is 17.2 Å². The number of ether oxygens (including phenoxy) is 2. The molecule has 0 N–H and O–H groups in total. The van der Waals surface area contributed by atoms with Gasteiger partial charge in [-0.15, -0.1) is 10.2 Å². The van der Waals surface area contributed by atoms with Crippen molar-refractivity contribution in [1.29, 1.82) is 0 Å². The molecule has 0 fully saturated rings. The Balaban J connectivity index is 1.54. The second-order valence-electron chi connectivity index (χ2n) is 7.73. The summed E-state index contributed by atoms with van der Waals surface area (Å²) in [5.41, 5.74) is 2.48. The molecular formula is C27H20ClF3N2O2. The van der Waals surface area contributed by atoms with Crippen LogP contribution in [0.25, 0.3) is 0 Å². The molecule has 4 rings (SSSR count). The number of rotatable bonds is 6. The topological polar surface area (TPSA) is 44.2 Å². The van der Waals surface area contributed by atoms with Crippen LogP contribution in [-0.2, 0) is 13.2 Å². The molecule has 0 radical (unpaired) electrons. The minimum absolute atomic E-state index is 0.0543. The van der Waals surface area contributed by atoms with Crippen molar-refractivity contribution in [3.8, 4) is 23.5 Å². The quantitative estimate of drug-likeness (QED) is 0.360. The van der Waals surface area contributed by atoms with Crippen LogP contribution in [0.2, 0.25) is 0 Å². The van der Waals surface area contributed by atoms with E-state index in [1.807, 2.05) is 60.7 Å². The van der Waals surface area contributed by atoms with Crippen molar-refractivity contribution in [3.05, 3.63) is 106 Å². The summed E-state index contributed by atoms with van der Waals surface area (Å²) < 4.78 is 50.6. The molecule has 1 aliphatic carbocycles. The molecule has 0 aliphatic heterocycles. The Hall–Kier alpha value is -3.76. The van der Waals surface area contributed by atoms with Gasteiger partial charge in [0.1, 0.15) is 18.9 Å². The van der Waals surface area contributed by atoms with E-state index in [2.05, 4.69) is 22.0 Å². The maximum Gasteiger partial charge on any atom is 0.395 e. The third-order valence-electron chi connectivity index (χ3n) is 5.11. The van der Waals surface area contributed by atoms with Crippen molar-refractivity contribution in [2.24, 2.45) is 5.92 Å². The average Bonchev–Trinajstić information content (AvgIpc) is 2.86. The lowest BCUT2D eigenvalue weighted by Gasteiger charge is -2.19. The van der Waals surface area contributed by atoms with Crippen molar-refractivity contribution >= 4 is 11.6 Å². The average molecular weight is 497 g/mol. The standard InChI is InChI=1S/C27H20ClF3N2O2/c28-24-15-22(27(29,30)31)13-11-21(24)12-14-23-16-25(34-17-19-7-3-1-4-8-19)26(33-32-23)35-18-20-9-5-2-6-10-20/h1-11,13,16,22H,15,17-18H2. The molecule has 1 aromatic heterocycles. The normalized spacial score (nSPS) is 15.4. The van der Waals surface area contributed by atoms with E-state index in [4.69, 9.17) is 21.1 Å². The molecule has 4 nitrogen and oxygen atoms in total. The first-order valence-electron chi connectivity index (χ1n) is 10.8. The van der Waals surface area contributed by atoms with Crippen LogP contribution in [-0.4, -0.2) is 16.4 Å². The van der Waals surface area contributed by atoms with Gasteiger partial charge >= 0.3 is 6.18 Å². The van der Waals surface area contributed by atoms with Gasteiger partial charge in [-0.25, -0.2) is 0 Å². The highest BCUT2D eigenvalue weighted by Crippen LogP contribution is 2.37. The van der Waals surface area contributed by atoms with Gasteiger partial charge in [0.15, 0.2) is 5.75 Å². The second kappa shape index (κ2) is 11.1. The number of allylic oxidation sites excluding steroid dienone is 4. The van der Waals surface area contributed by atoms with E-state index in [0.29, 0.717) is 11.3 Å². The second-order valence-corrected chi connectivity index (χ2v) is 8.18. The molecule has 0 saturated carbocycles. The molecule has 1 atom stereocenters. The molecule has 1 unspecified atom stereocenters. The molecular weight excluding hydrogens is 477 g/mol. The predicted octanol–water partition coefficient (Wildman–Crippen LogP) is 6.62. The van der Waals surface area contributed by atoms with Gasteiger partial charge in [-0.3, -0.25) is 0 Å². The van der Waals surface area contributed by atoms with Gasteiger partial charge in [0.05, 0.1) is 5.92 Å². The Morgan fingerprint density at radius 3 is 2.11 bits per heavy atom. The molecule has 178 valence electrons. The molecule has 3 aromatic rings.